The van der Waals surface area contributed by atoms with Gasteiger partial charge in [-0.1, -0.05) is 36.7 Å². The molecular formula is C17H18ClN3. The third kappa shape index (κ3) is 2.94. The van der Waals surface area contributed by atoms with Crippen molar-refractivity contribution in [3.63, 3.8) is 0 Å². The first-order chi connectivity index (χ1) is 10.3. The number of nitrogens with zero attached hydrogens (tertiary/aromatic N) is 2. The van der Waals surface area contributed by atoms with E-state index in [2.05, 4.69) is 39.8 Å². The number of nitrogens with one attached hydrogen (secondary N) is 1. The topological polar surface area (TPSA) is 29.3 Å². The first-order valence-electron chi connectivity index (χ1n) is 7.21. The fraction of sp³-hybridized carbons (Fsp3) is 0.235. The summed E-state index contributed by atoms with van der Waals surface area (Å²) in [7, 11) is 0. The van der Waals surface area contributed by atoms with E-state index >= 15 is 0 Å². The largest absolute Gasteiger partial charge is 0.313 e. The molecule has 0 fully saturated rings. The summed E-state index contributed by atoms with van der Waals surface area (Å²) >= 11 is 6.42. The average Bonchev–Trinajstić information content (AvgIpc) is 2.97. The minimum Gasteiger partial charge on any atom is -0.313 e. The number of fused-ring (bicyclic) bond motifs is 1. The first kappa shape index (κ1) is 14.1. The standard InChI is InChI=1S/C17H18ClN3/c1-2-8-19-12-14-7-6-13(11-15(14)18)16-4-3-5-17-20-9-10-21(16)17/h3-7,9-11,19H,2,8,12H2,1H3. The van der Waals surface area contributed by atoms with Gasteiger partial charge in [0.1, 0.15) is 5.65 Å². The van der Waals surface area contributed by atoms with E-state index in [1.54, 1.807) is 0 Å². The lowest BCUT2D eigenvalue weighted by molar-refractivity contribution is 0.675. The van der Waals surface area contributed by atoms with Crippen molar-refractivity contribution in [2.75, 3.05) is 6.54 Å². The molecule has 1 N–H and O–H groups in total. The summed E-state index contributed by atoms with van der Waals surface area (Å²) in [5.41, 5.74) is 4.27. The summed E-state index contributed by atoms with van der Waals surface area (Å²) in [5, 5.41) is 4.18. The van der Waals surface area contributed by atoms with Crippen molar-refractivity contribution in [1.82, 2.24) is 14.7 Å². The fourth-order valence-corrected chi connectivity index (χ4v) is 2.68. The highest BCUT2D eigenvalue weighted by molar-refractivity contribution is 6.31. The Morgan fingerprint density at radius 1 is 1.24 bits per heavy atom. The van der Waals surface area contributed by atoms with Gasteiger partial charge in [-0.15, -0.1) is 0 Å². The molecule has 1 aromatic carbocycles. The van der Waals surface area contributed by atoms with Gasteiger partial charge in [-0.25, -0.2) is 4.98 Å². The highest BCUT2D eigenvalue weighted by atomic mass is 35.5. The molecule has 4 heteroatoms. The summed E-state index contributed by atoms with van der Waals surface area (Å²) in [6.45, 7) is 3.97. The van der Waals surface area contributed by atoms with Crippen LogP contribution in [0.4, 0.5) is 0 Å². The maximum atomic E-state index is 6.42. The van der Waals surface area contributed by atoms with Crippen LogP contribution in [-0.4, -0.2) is 15.9 Å². The van der Waals surface area contributed by atoms with Gasteiger partial charge in [-0.2, -0.15) is 0 Å². The summed E-state index contributed by atoms with van der Waals surface area (Å²) in [5.74, 6) is 0. The Bertz CT molecular complexity index is 749. The number of benzene rings is 1. The maximum Gasteiger partial charge on any atom is 0.137 e. The van der Waals surface area contributed by atoms with E-state index < -0.39 is 0 Å². The predicted octanol–water partition coefficient (Wildman–Crippen LogP) is 4.15. The molecule has 0 amide bonds. The predicted molar refractivity (Wildman–Crippen MR) is 87.6 cm³/mol. The fourth-order valence-electron chi connectivity index (χ4n) is 2.43. The van der Waals surface area contributed by atoms with Crippen molar-refractivity contribution < 1.29 is 0 Å². The summed E-state index contributed by atoms with van der Waals surface area (Å²) in [6, 6.07) is 12.3. The van der Waals surface area contributed by atoms with Crippen molar-refractivity contribution in [2.24, 2.45) is 0 Å². The molecule has 3 rings (SSSR count). The zero-order valence-electron chi connectivity index (χ0n) is 12.0. The molecule has 0 bridgehead atoms. The molecule has 0 saturated carbocycles. The second kappa shape index (κ2) is 6.29. The minimum atomic E-state index is 0.799. The Morgan fingerprint density at radius 3 is 2.95 bits per heavy atom. The summed E-state index contributed by atoms with van der Waals surface area (Å²) in [4.78, 5) is 4.31. The SMILES string of the molecule is CCCNCc1ccc(-c2cccc3nccn23)cc1Cl. The van der Waals surface area contributed by atoms with Gasteiger partial charge in [-0.05, 0) is 36.7 Å². The third-order valence-electron chi connectivity index (χ3n) is 3.52. The number of hydrogen-bond donors (Lipinski definition) is 1. The van der Waals surface area contributed by atoms with Gasteiger partial charge >= 0.3 is 0 Å². The molecular weight excluding hydrogens is 282 g/mol. The lowest BCUT2D eigenvalue weighted by Gasteiger charge is -2.10. The molecule has 2 aromatic heterocycles. The molecule has 0 aliphatic rings. The van der Waals surface area contributed by atoms with Gasteiger partial charge in [0, 0.05) is 29.5 Å². The number of imidazole rings is 1. The lowest BCUT2D eigenvalue weighted by Crippen LogP contribution is -2.14. The Labute approximate surface area is 129 Å². The van der Waals surface area contributed by atoms with E-state index in [4.69, 9.17) is 11.6 Å². The smallest absolute Gasteiger partial charge is 0.137 e. The van der Waals surface area contributed by atoms with Crippen LogP contribution in [0.2, 0.25) is 5.02 Å². The quantitative estimate of drug-likeness (QED) is 0.717. The lowest BCUT2D eigenvalue weighted by atomic mass is 10.1. The van der Waals surface area contributed by atoms with Crippen LogP contribution in [0.3, 0.4) is 0 Å². The molecule has 21 heavy (non-hydrogen) atoms. The van der Waals surface area contributed by atoms with E-state index in [1.807, 2.05) is 30.6 Å². The molecule has 0 aliphatic heterocycles. The van der Waals surface area contributed by atoms with Crippen molar-refractivity contribution >= 4 is 17.2 Å². The highest BCUT2D eigenvalue weighted by Gasteiger charge is 2.07. The third-order valence-corrected chi connectivity index (χ3v) is 3.87. The van der Waals surface area contributed by atoms with Crippen molar-refractivity contribution in [2.45, 2.75) is 19.9 Å². The van der Waals surface area contributed by atoms with Gasteiger partial charge in [0.05, 0.1) is 5.69 Å². The molecule has 0 aliphatic carbocycles. The second-order valence-electron chi connectivity index (χ2n) is 5.05. The van der Waals surface area contributed by atoms with E-state index in [-0.39, 0.29) is 0 Å². The minimum absolute atomic E-state index is 0.799. The molecule has 0 radical (unpaired) electrons. The number of hydrogen-bond acceptors (Lipinski definition) is 2. The van der Waals surface area contributed by atoms with E-state index in [0.717, 1.165) is 47.0 Å². The highest BCUT2D eigenvalue weighted by Crippen LogP contribution is 2.26. The Hall–Kier alpha value is -1.84. The van der Waals surface area contributed by atoms with Crippen molar-refractivity contribution in [3.05, 3.63) is 59.4 Å². The summed E-state index contributed by atoms with van der Waals surface area (Å²) in [6.07, 6.45) is 4.90. The molecule has 2 heterocycles. The Morgan fingerprint density at radius 2 is 2.14 bits per heavy atom. The van der Waals surface area contributed by atoms with Crippen molar-refractivity contribution in [3.8, 4) is 11.3 Å². The van der Waals surface area contributed by atoms with Crippen molar-refractivity contribution in [1.29, 1.82) is 0 Å². The monoisotopic (exact) mass is 299 g/mol. The number of aromatic nitrogens is 2. The molecule has 0 atom stereocenters. The number of pyridine rings is 1. The van der Waals surface area contributed by atoms with Gasteiger partial charge < -0.3 is 5.32 Å². The van der Waals surface area contributed by atoms with E-state index in [1.165, 1.54) is 0 Å². The second-order valence-corrected chi connectivity index (χ2v) is 5.46. The van der Waals surface area contributed by atoms with Crippen LogP contribution in [0.15, 0.2) is 48.8 Å². The number of halogens is 1. The van der Waals surface area contributed by atoms with Crippen LogP contribution in [0.5, 0.6) is 0 Å². The van der Waals surface area contributed by atoms with Crippen LogP contribution in [0.1, 0.15) is 18.9 Å². The van der Waals surface area contributed by atoms with Crippen LogP contribution in [0, 0.1) is 0 Å². The molecule has 0 spiro atoms. The maximum absolute atomic E-state index is 6.42. The summed E-state index contributed by atoms with van der Waals surface area (Å²) < 4.78 is 2.07. The van der Waals surface area contributed by atoms with E-state index in [0.29, 0.717) is 0 Å². The van der Waals surface area contributed by atoms with Gasteiger partial charge in [-0.3, -0.25) is 4.40 Å². The Balaban J connectivity index is 1.93. The van der Waals surface area contributed by atoms with Crippen LogP contribution in [0.25, 0.3) is 16.9 Å². The van der Waals surface area contributed by atoms with Crippen LogP contribution >= 0.6 is 11.6 Å². The normalized spacial score (nSPS) is 11.1. The Kier molecular flexibility index (Phi) is 4.23. The van der Waals surface area contributed by atoms with Crippen LogP contribution in [-0.2, 0) is 6.54 Å². The van der Waals surface area contributed by atoms with Gasteiger partial charge in [0.2, 0.25) is 0 Å². The van der Waals surface area contributed by atoms with E-state index in [9.17, 15) is 0 Å². The molecule has 3 nitrogen and oxygen atoms in total. The molecule has 108 valence electrons. The first-order valence-corrected chi connectivity index (χ1v) is 7.59. The zero-order valence-corrected chi connectivity index (χ0v) is 12.8. The van der Waals surface area contributed by atoms with Crippen LogP contribution < -0.4 is 5.32 Å². The number of rotatable bonds is 5. The molecule has 3 aromatic rings. The molecule has 0 unspecified atom stereocenters. The van der Waals surface area contributed by atoms with Gasteiger partial charge in [0.25, 0.3) is 0 Å². The average molecular weight is 300 g/mol. The zero-order chi connectivity index (χ0) is 14.7. The molecule has 0 saturated heterocycles. The van der Waals surface area contributed by atoms with Gasteiger partial charge in [0.15, 0.2) is 0 Å².